The molecule has 0 aliphatic rings. The molecule has 4 heteroatoms. The van der Waals surface area contributed by atoms with E-state index in [2.05, 4.69) is 34.2 Å². The van der Waals surface area contributed by atoms with Crippen molar-refractivity contribution in [2.45, 2.75) is 26.8 Å². The Kier molecular flexibility index (Phi) is 3.96. The molecule has 19 heavy (non-hydrogen) atoms. The van der Waals surface area contributed by atoms with Gasteiger partial charge in [0.2, 0.25) is 0 Å². The van der Waals surface area contributed by atoms with E-state index >= 15 is 0 Å². The molecule has 0 saturated carbocycles. The van der Waals surface area contributed by atoms with Crippen molar-refractivity contribution in [1.29, 1.82) is 5.26 Å². The van der Waals surface area contributed by atoms with Gasteiger partial charge >= 0.3 is 0 Å². The zero-order chi connectivity index (χ0) is 14.0. The van der Waals surface area contributed by atoms with Crippen molar-refractivity contribution in [2.24, 2.45) is 0 Å². The molecule has 1 unspecified atom stereocenters. The summed E-state index contributed by atoms with van der Waals surface area (Å²) in [6.45, 7) is 5.94. The average Bonchev–Trinajstić information content (AvgIpc) is 2.69. The van der Waals surface area contributed by atoms with Gasteiger partial charge in [0.15, 0.2) is 0 Å². The molecule has 1 heterocycles. The van der Waals surface area contributed by atoms with E-state index in [4.69, 9.17) is 9.68 Å². The fourth-order valence-corrected chi connectivity index (χ4v) is 2.49. The zero-order valence-electron chi connectivity index (χ0n) is 11.1. The Morgan fingerprint density at radius 2 is 2.05 bits per heavy atom. The molecule has 1 aromatic heterocycles. The van der Waals surface area contributed by atoms with E-state index in [0.29, 0.717) is 5.56 Å². The third-order valence-electron chi connectivity index (χ3n) is 3.02. The van der Waals surface area contributed by atoms with Crippen molar-refractivity contribution in [3.05, 3.63) is 51.4 Å². The first-order valence-corrected chi connectivity index (χ1v) is 6.83. The van der Waals surface area contributed by atoms with Gasteiger partial charge in [0, 0.05) is 10.0 Å². The first-order valence-electron chi connectivity index (χ1n) is 6.04. The SMILES string of the molecule is Cc1cc(C(C)Nc2cc(Br)ccc2C#N)c(C)o1. The fourth-order valence-electron chi connectivity index (χ4n) is 2.12. The van der Waals surface area contributed by atoms with Gasteiger partial charge in [-0.15, -0.1) is 0 Å². The molecule has 2 rings (SSSR count). The summed E-state index contributed by atoms with van der Waals surface area (Å²) in [4.78, 5) is 0. The summed E-state index contributed by atoms with van der Waals surface area (Å²) < 4.78 is 6.49. The van der Waals surface area contributed by atoms with E-state index in [1.807, 2.05) is 32.0 Å². The number of nitriles is 1. The summed E-state index contributed by atoms with van der Waals surface area (Å²) >= 11 is 3.42. The van der Waals surface area contributed by atoms with Crippen molar-refractivity contribution in [2.75, 3.05) is 5.32 Å². The van der Waals surface area contributed by atoms with E-state index in [-0.39, 0.29) is 6.04 Å². The zero-order valence-corrected chi connectivity index (χ0v) is 12.7. The van der Waals surface area contributed by atoms with Crippen LogP contribution in [0, 0.1) is 25.2 Å². The second-order valence-corrected chi connectivity index (χ2v) is 5.45. The van der Waals surface area contributed by atoms with Gasteiger partial charge in [0.25, 0.3) is 0 Å². The number of anilines is 1. The highest BCUT2D eigenvalue weighted by Crippen LogP contribution is 2.28. The van der Waals surface area contributed by atoms with Gasteiger partial charge in [-0.2, -0.15) is 5.26 Å². The highest BCUT2D eigenvalue weighted by Gasteiger charge is 2.14. The quantitative estimate of drug-likeness (QED) is 0.892. The lowest BCUT2D eigenvalue weighted by Crippen LogP contribution is -2.08. The number of benzene rings is 1. The molecule has 0 amide bonds. The minimum atomic E-state index is 0.0823. The normalized spacial score (nSPS) is 11.9. The number of furan rings is 1. The van der Waals surface area contributed by atoms with Crippen LogP contribution in [0.4, 0.5) is 5.69 Å². The molecule has 1 aromatic carbocycles. The second kappa shape index (κ2) is 5.50. The predicted octanol–water partition coefficient (Wildman–Crippen LogP) is 4.70. The summed E-state index contributed by atoms with van der Waals surface area (Å²) in [5.74, 6) is 1.81. The van der Waals surface area contributed by atoms with Crippen LogP contribution in [0.2, 0.25) is 0 Å². The molecule has 0 spiro atoms. The van der Waals surface area contributed by atoms with Gasteiger partial charge in [-0.1, -0.05) is 15.9 Å². The van der Waals surface area contributed by atoms with Crippen LogP contribution in [0.15, 0.2) is 33.2 Å². The molecule has 1 atom stereocenters. The third-order valence-corrected chi connectivity index (χ3v) is 3.51. The van der Waals surface area contributed by atoms with Crippen molar-refractivity contribution in [1.82, 2.24) is 0 Å². The number of nitrogens with one attached hydrogen (secondary N) is 1. The monoisotopic (exact) mass is 318 g/mol. The number of rotatable bonds is 3. The Morgan fingerprint density at radius 3 is 2.63 bits per heavy atom. The maximum absolute atomic E-state index is 9.13. The Bertz CT molecular complexity index is 640. The van der Waals surface area contributed by atoms with Gasteiger partial charge in [-0.25, -0.2) is 0 Å². The molecule has 0 saturated heterocycles. The smallest absolute Gasteiger partial charge is 0.106 e. The number of nitrogens with zero attached hydrogens (tertiary/aromatic N) is 1. The largest absolute Gasteiger partial charge is 0.466 e. The summed E-state index contributed by atoms with van der Waals surface area (Å²) in [5, 5.41) is 12.5. The summed E-state index contributed by atoms with van der Waals surface area (Å²) in [5.41, 5.74) is 2.57. The van der Waals surface area contributed by atoms with Crippen LogP contribution >= 0.6 is 15.9 Å². The van der Waals surface area contributed by atoms with Gasteiger partial charge in [-0.3, -0.25) is 0 Å². The molecule has 0 bridgehead atoms. The molecule has 0 aliphatic heterocycles. The molecular formula is C15H15BrN2O. The Morgan fingerprint density at radius 1 is 1.32 bits per heavy atom. The highest BCUT2D eigenvalue weighted by molar-refractivity contribution is 9.10. The summed E-state index contributed by atoms with van der Waals surface area (Å²) in [6.07, 6.45) is 0. The van der Waals surface area contributed by atoms with E-state index in [0.717, 1.165) is 27.2 Å². The third kappa shape index (κ3) is 2.99. The van der Waals surface area contributed by atoms with Crippen LogP contribution in [0.3, 0.4) is 0 Å². The van der Waals surface area contributed by atoms with Crippen LogP contribution < -0.4 is 5.32 Å². The van der Waals surface area contributed by atoms with Crippen molar-refractivity contribution in [3.8, 4) is 6.07 Å². The number of aryl methyl sites for hydroxylation is 2. The topological polar surface area (TPSA) is 49.0 Å². The lowest BCUT2D eigenvalue weighted by Gasteiger charge is -2.16. The fraction of sp³-hybridized carbons (Fsp3) is 0.267. The molecule has 2 aromatic rings. The number of halogens is 1. The van der Waals surface area contributed by atoms with E-state index in [1.165, 1.54) is 0 Å². The molecular weight excluding hydrogens is 304 g/mol. The predicted molar refractivity (Wildman–Crippen MR) is 79.1 cm³/mol. The van der Waals surface area contributed by atoms with Crippen LogP contribution in [0.1, 0.15) is 35.6 Å². The van der Waals surface area contributed by atoms with Crippen LogP contribution in [0.5, 0.6) is 0 Å². The Hall–Kier alpha value is -1.73. The maximum Gasteiger partial charge on any atom is 0.106 e. The maximum atomic E-state index is 9.13. The first-order chi connectivity index (χ1) is 9.01. The molecule has 0 aliphatic carbocycles. The van der Waals surface area contributed by atoms with Crippen LogP contribution in [0.25, 0.3) is 0 Å². The second-order valence-electron chi connectivity index (χ2n) is 4.54. The van der Waals surface area contributed by atoms with E-state index in [9.17, 15) is 0 Å². The number of hydrogen-bond acceptors (Lipinski definition) is 3. The molecule has 0 radical (unpaired) electrons. The van der Waals surface area contributed by atoms with Crippen molar-refractivity contribution < 1.29 is 4.42 Å². The van der Waals surface area contributed by atoms with Crippen molar-refractivity contribution >= 4 is 21.6 Å². The molecule has 1 N–H and O–H groups in total. The molecule has 3 nitrogen and oxygen atoms in total. The highest BCUT2D eigenvalue weighted by atomic mass is 79.9. The summed E-state index contributed by atoms with van der Waals surface area (Å²) in [6, 6.07) is 9.87. The average molecular weight is 319 g/mol. The van der Waals surface area contributed by atoms with Gasteiger partial charge in [0.1, 0.15) is 17.6 Å². The van der Waals surface area contributed by atoms with Crippen LogP contribution in [-0.2, 0) is 0 Å². The Labute approximate surface area is 121 Å². The van der Waals surface area contributed by atoms with Gasteiger partial charge < -0.3 is 9.73 Å². The Balaban J connectivity index is 2.29. The van der Waals surface area contributed by atoms with Crippen molar-refractivity contribution in [3.63, 3.8) is 0 Å². The van der Waals surface area contributed by atoms with Gasteiger partial charge in [0.05, 0.1) is 17.3 Å². The van der Waals surface area contributed by atoms with Gasteiger partial charge in [-0.05, 0) is 45.0 Å². The number of hydrogen-bond donors (Lipinski definition) is 1. The van der Waals surface area contributed by atoms with E-state index < -0.39 is 0 Å². The van der Waals surface area contributed by atoms with E-state index in [1.54, 1.807) is 6.07 Å². The standard InChI is InChI=1S/C15H15BrN2O/c1-9-6-14(11(3)19-9)10(2)18-15-7-13(16)5-4-12(15)8-17/h4-7,10,18H,1-3H3. The summed E-state index contributed by atoms with van der Waals surface area (Å²) in [7, 11) is 0. The first kappa shape index (κ1) is 13.7. The minimum Gasteiger partial charge on any atom is -0.466 e. The lowest BCUT2D eigenvalue weighted by molar-refractivity contribution is 0.500. The van der Waals surface area contributed by atoms with Crippen LogP contribution in [-0.4, -0.2) is 0 Å². The molecule has 98 valence electrons. The molecule has 0 fully saturated rings. The minimum absolute atomic E-state index is 0.0823. The lowest BCUT2D eigenvalue weighted by atomic mass is 10.1.